The van der Waals surface area contributed by atoms with E-state index in [9.17, 15) is 0 Å². The van der Waals surface area contributed by atoms with Crippen molar-refractivity contribution in [1.29, 1.82) is 0 Å². The van der Waals surface area contributed by atoms with Crippen LogP contribution in [0.5, 0.6) is 5.75 Å². The minimum Gasteiger partial charge on any atom is -0.489 e. The Hall–Kier alpha value is -1.19. The lowest BCUT2D eigenvalue weighted by molar-refractivity contribution is 0.322. The van der Waals surface area contributed by atoms with Crippen LogP contribution < -0.4 is 4.74 Å². The second-order valence-corrected chi connectivity index (χ2v) is 3.63. The second kappa shape index (κ2) is 6.32. The zero-order valence-electron chi connectivity index (χ0n) is 7.73. The Morgan fingerprint density at radius 2 is 2.27 bits per heavy atom. The van der Waals surface area contributed by atoms with Crippen LogP contribution in [0.25, 0.3) is 0 Å². The molecule has 0 bridgehead atoms. The van der Waals surface area contributed by atoms with Crippen molar-refractivity contribution in [2.24, 2.45) is 5.16 Å². The van der Waals surface area contributed by atoms with Crippen LogP contribution in [0.4, 0.5) is 0 Å². The monoisotopic (exact) mass is 245 g/mol. The quantitative estimate of drug-likeness (QED) is 0.503. The third-order valence-corrected chi connectivity index (χ3v) is 1.86. The van der Waals surface area contributed by atoms with Crippen molar-refractivity contribution >= 4 is 29.4 Å². The number of ether oxygens (including phenoxy) is 1. The highest BCUT2D eigenvalue weighted by atomic mass is 35.5. The van der Waals surface area contributed by atoms with Crippen molar-refractivity contribution in [3.63, 3.8) is 0 Å². The van der Waals surface area contributed by atoms with E-state index >= 15 is 0 Å². The molecule has 0 atom stereocenters. The fraction of sp³-hybridized carbons (Fsp3) is 0.100. The highest BCUT2D eigenvalue weighted by Crippen LogP contribution is 2.13. The largest absolute Gasteiger partial charge is 0.489 e. The summed E-state index contributed by atoms with van der Waals surface area (Å²) in [6, 6.07) is 7.09. The molecule has 0 amide bonds. The summed E-state index contributed by atoms with van der Waals surface area (Å²) in [7, 11) is 0. The van der Waals surface area contributed by atoms with Crippen molar-refractivity contribution < 1.29 is 9.94 Å². The minimum atomic E-state index is 0.170. The molecule has 0 saturated carbocycles. The lowest BCUT2D eigenvalue weighted by atomic mass is 10.2. The van der Waals surface area contributed by atoms with Gasteiger partial charge in [0.15, 0.2) is 0 Å². The Morgan fingerprint density at radius 3 is 2.93 bits per heavy atom. The molecule has 1 N–H and O–H groups in total. The van der Waals surface area contributed by atoms with E-state index in [1.807, 2.05) is 0 Å². The van der Waals surface area contributed by atoms with Crippen molar-refractivity contribution in [3.8, 4) is 5.75 Å². The predicted octanol–water partition coefficient (Wildman–Crippen LogP) is 3.19. The lowest BCUT2D eigenvalue weighted by Crippen LogP contribution is -1.94. The highest BCUT2D eigenvalue weighted by Gasteiger charge is 1.94. The summed E-state index contributed by atoms with van der Waals surface area (Å²) in [4.78, 5) is 0. The molecule has 1 rings (SSSR count). The maximum absolute atomic E-state index is 8.34. The normalized spacial score (nSPS) is 10.3. The van der Waals surface area contributed by atoms with E-state index in [1.54, 1.807) is 24.3 Å². The van der Waals surface area contributed by atoms with E-state index in [0.717, 1.165) is 5.56 Å². The number of benzene rings is 1. The molecule has 0 aliphatic heterocycles. The molecule has 15 heavy (non-hydrogen) atoms. The molecular weight excluding hydrogens is 237 g/mol. The first kappa shape index (κ1) is 11.9. The molecule has 0 aliphatic carbocycles. The van der Waals surface area contributed by atoms with Gasteiger partial charge in [-0.3, -0.25) is 0 Å². The molecule has 0 aliphatic rings. The van der Waals surface area contributed by atoms with Crippen molar-refractivity contribution in [3.05, 3.63) is 40.4 Å². The van der Waals surface area contributed by atoms with Gasteiger partial charge in [0.25, 0.3) is 0 Å². The summed E-state index contributed by atoms with van der Waals surface area (Å²) < 4.78 is 5.48. The van der Waals surface area contributed by atoms with Crippen LogP contribution in [0.15, 0.2) is 40.0 Å². The van der Waals surface area contributed by atoms with Crippen LogP contribution >= 0.6 is 23.2 Å². The van der Waals surface area contributed by atoms with Gasteiger partial charge in [-0.05, 0) is 23.8 Å². The van der Waals surface area contributed by atoms with Crippen molar-refractivity contribution in [2.45, 2.75) is 0 Å². The van der Waals surface area contributed by atoms with Gasteiger partial charge >= 0.3 is 0 Å². The maximum atomic E-state index is 8.34. The molecule has 0 heterocycles. The van der Waals surface area contributed by atoms with Crippen LogP contribution in [0.3, 0.4) is 0 Å². The Bertz CT molecular complexity index is 373. The molecule has 1 aromatic carbocycles. The van der Waals surface area contributed by atoms with E-state index in [1.165, 1.54) is 12.3 Å². The summed E-state index contributed by atoms with van der Waals surface area (Å²) in [5, 5.41) is 11.3. The molecule has 1 aromatic rings. The highest BCUT2D eigenvalue weighted by molar-refractivity contribution is 6.55. The SMILES string of the molecule is ON=Cc1cccc(OCC=C(Cl)Cl)c1. The van der Waals surface area contributed by atoms with Crippen LogP contribution in [-0.2, 0) is 0 Å². The minimum absolute atomic E-state index is 0.170. The smallest absolute Gasteiger partial charge is 0.120 e. The van der Waals surface area contributed by atoms with Gasteiger partial charge in [0.1, 0.15) is 16.8 Å². The lowest BCUT2D eigenvalue weighted by Gasteiger charge is -2.03. The summed E-state index contributed by atoms with van der Waals surface area (Å²) in [5.74, 6) is 0.651. The molecule has 80 valence electrons. The standard InChI is InChI=1S/C10H9Cl2NO2/c11-10(12)4-5-15-9-3-1-2-8(6-9)7-13-14/h1-4,6-7,14H,5H2. The number of hydrogen-bond acceptors (Lipinski definition) is 3. The van der Waals surface area contributed by atoms with Gasteiger partial charge < -0.3 is 9.94 Å². The summed E-state index contributed by atoms with van der Waals surface area (Å²) >= 11 is 10.8. The molecular formula is C10H9Cl2NO2. The molecule has 0 fully saturated rings. The zero-order valence-corrected chi connectivity index (χ0v) is 9.24. The predicted molar refractivity (Wildman–Crippen MR) is 61.1 cm³/mol. The van der Waals surface area contributed by atoms with Gasteiger partial charge in [-0.1, -0.05) is 40.5 Å². The summed E-state index contributed by atoms with van der Waals surface area (Å²) in [5.41, 5.74) is 0.746. The number of hydrogen-bond donors (Lipinski definition) is 1. The number of nitrogens with zero attached hydrogens (tertiary/aromatic N) is 1. The van der Waals surface area contributed by atoms with Gasteiger partial charge in [-0.15, -0.1) is 0 Å². The Kier molecular flexibility index (Phi) is 5.01. The van der Waals surface area contributed by atoms with E-state index in [4.69, 9.17) is 33.1 Å². The Labute approximate surface area is 97.6 Å². The molecule has 0 spiro atoms. The first-order valence-electron chi connectivity index (χ1n) is 4.14. The Balaban J connectivity index is 2.61. The maximum Gasteiger partial charge on any atom is 0.120 e. The average Bonchev–Trinajstić information content (AvgIpc) is 2.18. The van der Waals surface area contributed by atoms with Gasteiger partial charge in [-0.25, -0.2) is 0 Å². The second-order valence-electron chi connectivity index (χ2n) is 2.62. The van der Waals surface area contributed by atoms with E-state index in [0.29, 0.717) is 12.4 Å². The molecule has 5 heteroatoms. The average molecular weight is 246 g/mol. The number of halogens is 2. The first-order valence-corrected chi connectivity index (χ1v) is 4.89. The van der Waals surface area contributed by atoms with Crippen LogP contribution in [-0.4, -0.2) is 18.0 Å². The van der Waals surface area contributed by atoms with Gasteiger partial charge in [0.2, 0.25) is 0 Å². The van der Waals surface area contributed by atoms with Gasteiger partial charge in [0, 0.05) is 0 Å². The molecule has 0 radical (unpaired) electrons. The summed E-state index contributed by atoms with van der Waals surface area (Å²) in [6.45, 7) is 0.294. The molecule has 0 unspecified atom stereocenters. The van der Waals surface area contributed by atoms with Crippen LogP contribution in [0.2, 0.25) is 0 Å². The third-order valence-electron chi connectivity index (χ3n) is 1.55. The first-order chi connectivity index (χ1) is 7.22. The molecule has 0 aromatic heterocycles. The van der Waals surface area contributed by atoms with E-state index in [-0.39, 0.29) is 4.49 Å². The molecule has 3 nitrogen and oxygen atoms in total. The summed E-state index contributed by atoms with van der Waals surface area (Å²) in [6.07, 6.45) is 2.85. The Morgan fingerprint density at radius 1 is 1.47 bits per heavy atom. The van der Waals surface area contributed by atoms with E-state index < -0.39 is 0 Å². The molecule has 0 saturated heterocycles. The van der Waals surface area contributed by atoms with Crippen LogP contribution in [0, 0.1) is 0 Å². The topological polar surface area (TPSA) is 41.8 Å². The third kappa shape index (κ3) is 4.72. The van der Waals surface area contributed by atoms with Gasteiger partial charge in [-0.2, -0.15) is 0 Å². The number of rotatable bonds is 4. The van der Waals surface area contributed by atoms with E-state index in [2.05, 4.69) is 5.16 Å². The van der Waals surface area contributed by atoms with Gasteiger partial charge in [0.05, 0.1) is 6.21 Å². The fourth-order valence-corrected chi connectivity index (χ4v) is 1.08. The van der Waals surface area contributed by atoms with Crippen LogP contribution in [0.1, 0.15) is 5.56 Å². The van der Waals surface area contributed by atoms with Crippen molar-refractivity contribution in [2.75, 3.05) is 6.61 Å². The fourth-order valence-electron chi connectivity index (χ4n) is 0.952. The zero-order chi connectivity index (χ0) is 11.1. The number of oxime groups is 1. The van der Waals surface area contributed by atoms with Crippen molar-refractivity contribution in [1.82, 2.24) is 0 Å².